The molecule has 0 aromatic carbocycles. The summed E-state index contributed by atoms with van der Waals surface area (Å²) in [5.74, 6) is 0.842. The first-order valence-electron chi connectivity index (χ1n) is 7.71. The summed E-state index contributed by atoms with van der Waals surface area (Å²) in [6.45, 7) is 7.01. The molecule has 20 heavy (non-hydrogen) atoms. The van der Waals surface area contributed by atoms with E-state index in [2.05, 4.69) is 37.9 Å². The van der Waals surface area contributed by atoms with Gasteiger partial charge in [0.05, 0.1) is 12.6 Å². The number of likely N-dealkylation sites (N-methyl/N-ethyl adjacent to an activating group) is 1. The maximum Gasteiger partial charge on any atom is 0.0593 e. The molecule has 4 heteroatoms. The number of aryl methyl sites for hydroxylation is 1. The third-order valence-corrected chi connectivity index (χ3v) is 5.11. The van der Waals surface area contributed by atoms with Gasteiger partial charge in [-0.3, -0.25) is 4.90 Å². The van der Waals surface area contributed by atoms with Crippen LogP contribution in [0.2, 0.25) is 0 Å². The lowest BCUT2D eigenvalue weighted by molar-refractivity contribution is 0.0868. The van der Waals surface area contributed by atoms with Crippen molar-refractivity contribution in [3.05, 3.63) is 21.9 Å². The zero-order valence-electron chi connectivity index (χ0n) is 13.0. The van der Waals surface area contributed by atoms with Gasteiger partial charge in [0, 0.05) is 28.9 Å². The normalized spacial score (nSPS) is 18.4. The Hall–Kier alpha value is -0.420. The quantitative estimate of drug-likeness (QED) is 0.711. The average molecular weight is 296 g/mol. The Balaban J connectivity index is 1.87. The van der Waals surface area contributed by atoms with Crippen molar-refractivity contribution in [1.29, 1.82) is 0 Å². The number of nitrogens with two attached hydrogens (primary N) is 1. The summed E-state index contributed by atoms with van der Waals surface area (Å²) in [4.78, 5) is 5.08. The van der Waals surface area contributed by atoms with Gasteiger partial charge in [-0.15, -0.1) is 11.3 Å². The maximum atomic E-state index is 6.35. The van der Waals surface area contributed by atoms with Gasteiger partial charge in [0.1, 0.15) is 0 Å². The first-order valence-corrected chi connectivity index (χ1v) is 8.53. The van der Waals surface area contributed by atoms with E-state index in [0.29, 0.717) is 6.04 Å². The number of thiophene rings is 1. The van der Waals surface area contributed by atoms with Crippen LogP contribution in [0, 0.1) is 12.8 Å². The highest BCUT2D eigenvalue weighted by atomic mass is 32.1. The zero-order chi connectivity index (χ0) is 14.5. The SMILES string of the molecule is CCC(N)C(c1ccc(C)s1)N(C)CCOCC1CC1. The lowest BCUT2D eigenvalue weighted by Crippen LogP contribution is -2.39. The minimum atomic E-state index is 0.182. The highest BCUT2D eigenvalue weighted by Gasteiger charge is 2.25. The minimum absolute atomic E-state index is 0.182. The molecule has 1 saturated carbocycles. The summed E-state index contributed by atoms with van der Waals surface area (Å²) >= 11 is 1.86. The van der Waals surface area contributed by atoms with E-state index in [1.807, 2.05) is 11.3 Å². The fraction of sp³-hybridized carbons (Fsp3) is 0.750. The van der Waals surface area contributed by atoms with Gasteiger partial charge in [-0.1, -0.05) is 6.92 Å². The molecule has 0 aliphatic heterocycles. The Kier molecular flexibility index (Phi) is 6.02. The van der Waals surface area contributed by atoms with Crippen molar-refractivity contribution in [1.82, 2.24) is 4.90 Å². The molecule has 1 heterocycles. The molecule has 0 radical (unpaired) electrons. The molecule has 2 atom stereocenters. The zero-order valence-corrected chi connectivity index (χ0v) is 13.8. The van der Waals surface area contributed by atoms with E-state index in [1.54, 1.807) is 0 Å². The van der Waals surface area contributed by atoms with E-state index in [1.165, 1.54) is 22.6 Å². The van der Waals surface area contributed by atoms with Gasteiger partial charge in [0.2, 0.25) is 0 Å². The van der Waals surface area contributed by atoms with E-state index in [-0.39, 0.29) is 6.04 Å². The molecule has 2 unspecified atom stereocenters. The highest BCUT2D eigenvalue weighted by molar-refractivity contribution is 7.12. The topological polar surface area (TPSA) is 38.5 Å². The monoisotopic (exact) mass is 296 g/mol. The van der Waals surface area contributed by atoms with Crippen molar-refractivity contribution in [2.45, 2.75) is 45.2 Å². The smallest absolute Gasteiger partial charge is 0.0593 e. The van der Waals surface area contributed by atoms with Crippen LogP contribution < -0.4 is 5.73 Å². The van der Waals surface area contributed by atoms with Crippen LogP contribution in [0.3, 0.4) is 0 Å². The molecule has 0 spiro atoms. The molecule has 1 aliphatic rings. The largest absolute Gasteiger partial charge is 0.380 e. The van der Waals surface area contributed by atoms with Gasteiger partial charge in [0.15, 0.2) is 0 Å². The van der Waals surface area contributed by atoms with Gasteiger partial charge < -0.3 is 10.5 Å². The third kappa shape index (κ3) is 4.55. The van der Waals surface area contributed by atoms with Crippen LogP contribution in [-0.2, 0) is 4.74 Å². The summed E-state index contributed by atoms with van der Waals surface area (Å²) in [6, 6.07) is 4.90. The molecule has 3 nitrogen and oxygen atoms in total. The number of hydrogen-bond acceptors (Lipinski definition) is 4. The third-order valence-electron chi connectivity index (χ3n) is 4.04. The van der Waals surface area contributed by atoms with Crippen LogP contribution in [0.1, 0.15) is 42.0 Å². The molecule has 1 aromatic rings. The Morgan fingerprint density at radius 2 is 2.20 bits per heavy atom. The fourth-order valence-electron chi connectivity index (χ4n) is 2.47. The Labute approximate surface area is 127 Å². The molecule has 2 rings (SSSR count). The lowest BCUT2D eigenvalue weighted by atomic mass is 10.0. The van der Waals surface area contributed by atoms with E-state index < -0.39 is 0 Å². The van der Waals surface area contributed by atoms with E-state index in [0.717, 1.165) is 32.1 Å². The van der Waals surface area contributed by atoms with Crippen LogP contribution in [0.4, 0.5) is 0 Å². The van der Waals surface area contributed by atoms with E-state index >= 15 is 0 Å². The van der Waals surface area contributed by atoms with Crippen molar-refractivity contribution in [3.63, 3.8) is 0 Å². The first-order chi connectivity index (χ1) is 9.61. The van der Waals surface area contributed by atoms with Gasteiger partial charge in [-0.2, -0.15) is 0 Å². The molecular formula is C16H28N2OS. The minimum Gasteiger partial charge on any atom is -0.380 e. The molecule has 0 bridgehead atoms. The van der Waals surface area contributed by atoms with Crippen LogP contribution in [0.15, 0.2) is 12.1 Å². The molecule has 114 valence electrons. The maximum absolute atomic E-state index is 6.35. The summed E-state index contributed by atoms with van der Waals surface area (Å²) in [5, 5.41) is 0. The number of hydrogen-bond donors (Lipinski definition) is 1. The van der Waals surface area contributed by atoms with Crippen LogP contribution in [-0.4, -0.2) is 37.7 Å². The molecule has 1 aromatic heterocycles. The summed E-state index contributed by atoms with van der Waals surface area (Å²) in [5.41, 5.74) is 6.35. The predicted octanol–water partition coefficient (Wildman–Crippen LogP) is 3.19. The first kappa shape index (κ1) is 16.0. The Morgan fingerprint density at radius 1 is 1.45 bits per heavy atom. The molecule has 1 fully saturated rings. The Morgan fingerprint density at radius 3 is 2.75 bits per heavy atom. The summed E-state index contributed by atoms with van der Waals surface area (Å²) in [6.07, 6.45) is 3.70. The van der Waals surface area contributed by atoms with Crippen molar-refractivity contribution < 1.29 is 4.74 Å². The lowest BCUT2D eigenvalue weighted by Gasteiger charge is -2.31. The van der Waals surface area contributed by atoms with Crippen molar-refractivity contribution in [3.8, 4) is 0 Å². The number of nitrogens with zero attached hydrogens (tertiary/aromatic N) is 1. The van der Waals surface area contributed by atoms with Crippen LogP contribution in [0.25, 0.3) is 0 Å². The molecular weight excluding hydrogens is 268 g/mol. The van der Waals surface area contributed by atoms with Crippen molar-refractivity contribution >= 4 is 11.3 Å². The van der Waals surface area contributed by atoms with Crippen molar-refractivity contribution in [2.75, 3.05) is 26.8 Å². The number of rotatable bonds is 9. The second kappa shape index (κ2) is 7.55. The molecule has 0 amide bonds. The van der Waals surface area contributed by atoms with Gasteiger partial charge in [0.25, 0.3) is 0 Å². The summed E-state index contributed by atoms with van der Waals surface area (Å²) < 4.78 is 5.75. The predicted molar refractivity (Wildman–Crippen MR) is 86.2 cm³/mol. The van der Waals surface area contributed by atoms with Crippen molar-refractivity contribution in [2.24, 2.45) is 11.7 Å². The summed E-state index contributed by atoms with van der Waals surface area (Å²) in [7, 11) is 2.16. The second-order valence-electron chi connectivity index (χ2n) is 5.96. The molecule has 1 aliphatic carbocycles. The van der Waals surface area contributed by atoms with Gasteiger partial charge in [-0.25, -0.2) is 0 Å². The van der Waals surface area contributed by atoms with Crippen LogP contribution >= 0.6 is 11.3 Å². The number of ether oxygens (including phenoxy) is 1. The molecule has 2 N–H and O–H groups in total. The van der Waals surface area contributed by atoms with Crippen LogP contribution in [0.5, 0.6) is 0 Å². The van der Waals surface area contributed by atoms with E-state index in [9.17, 15) is 0 Å². The Bertz CT molecular complexity index is 403. The van der Waals surface area contributed by atoms with E-state index in [4.69, 9.17) is 10.5 Å². The highest BCUT2D eigenvalue weighted by Crippen LogP contribution is 2.30. The van der Waals surface area contributed by atoms with Gasteiger partial charge in [-0.05, 0) is 51.3 Å². The van der Waals surface area contributed by atoms with Gasteiger partial charge >= 0.3 is 0 Å². The standard InChI is InChI=1S/C16H28N2OS/c1-4-14(17)16(15-8-5-12(2)20-15)18(3)9-10-19-11-13-6-7-13/h5,8,13-14,16H,4,6-7,9-11,17H2,1-3H3. The second-order valence-corrected chi connectivity index (χ2v) is 7.28. The average Bonchev–Trinajstić information content (AvgIpc) is 3.16. The molecule has 0 saturated heterocycles. The fourth-order valence-corrected chi connectivity index (χ4v) is 3.59.